The summed E-state index contributed by atoms with van der Waals surface area (Å²) in [7, 11) is 0. The Hall–Kier alpha value is -2.55. The van der Waals surface area contributed by atoms with Gasteiger partial charge >= 0.3 is 6.18 Å². The number of rotatable bonds is 1. The molecule has 0 aliphatic rings. The Labute approximate surface area is 111 Å². The van der Waals surface area contributed by atoms with E-state index in [4.69, 9.17) is 5.26 Å². The van der Waals surface area contributed by atoms with Crippen LogP contribution in [0.25, 0.3) is 11.1 Å². The number of phenolic OH excluding ortho intramolecular Hbond substituents is 1. The van der Waals surface area contributed by atoms with E-state index in [0.29, 0.717) is 6.07 Å². The average Bonchev–Trinajstić information content (AvgIpc) is 2.38. The molecule has 20 heavy (non-hydrogen) atoms. The predicted molar refractivity (Wildman–Crippen MR) is 63.2 cm³/mol. The zero-order valence-electron chi connectivity index (χ0n) is 9.87. The van der Waals surface area contributed by atoms with Gasteiger partial charge in [-0.3, -0.25) is 0 Å². The molecule has 0 saturated heterocycles. The van der Waals surface area contributed by atoms with Gasteiger partial charge in [0.15, 0.2) is 0 Å². The van der Waals surface area contributed by atoms with Crippen molar-refractivity contribution in [1.82, 2.24) is 0 Å². The lowest BCUT2D eigenvalue weighted by Crippen LogP contribution is -2.08. The molecule has 6 heteroatoms. The molecule has 0 aromatic heterocycles. The normalized spacial score (nSPS) is 11.2. The van der Waals surface area contributed by atoms with Gasteiger partial charge in [0.1, 0.15) is 17.6 Å². The van der Waals surface area contributed by atoms with Crippen LogP contribution in [-0.2, 0) is 6.18 Å². The maximum absolute atomic E-state index is 13.2. The molecule has 1 N–H and O–H groups in total. The monoisotopic (exact) mass is 281 g/mol. The third-order valence-corrected chi connectivity index (χ3v) is 2.72. The molecule has 0 spiro atoms. The molecule has 0 aliphatic heterocycles. The number of nitrogens with zero attached hydrogens (tertiary/aromatic N) is 1. The molecule has 0 aliphatic carbocycles. The summed E-state index contributed by atoms with van der Waals surface area (Å²) in [5.41, 5.74) is -1.05. The Kier molecular flexibility index (Phi) is 3.36. The van der Waals surface area contributed by atoms with Crippen molar-refractivity contribution in [3.63, 3.8) is 0 Å². The average molecular weight is 281 g/mol. The first-order chi connectivity index (χ1) is 9.32. The van der Waals surface area contributed by atoms with Gasteiger partial charge in [-0.25, -0.2) is 4.39 Å². The lowest BCUT2D eigenvalue weighted by Gasteiger charge is -2.10. The third-order valence-electron chi connectivity index (χ3n) is 2.72. The highest BCUT2D eigenvalue weighted by atomic mass is 19.4. The number of benzene rings is 2. The van der Waals surface area contributed by atoms with Crippen LogP contribution in [0.2, 0.25) is 0 Å². The van der Waals surface area contributed by atoms with Gasteiger partial charge in [0, 0.05) is 0 Å². The summed E-state index contributed by atoms with van der Waals surface area (Å²) in [4.78, 5) is 0. The van der Waals surface area contributed by atoms with Crippen LogP contribution in [0.5, 0.6) is 5.75 Å². The van der Waals surface area contributed by atoms with E-state index in [1.165, 1.54) is 24.3 Å². The highest BCUT2D eigenvalue weighted by Crippen LogP contribution is 2.35. The Morgan fingerprint density at radius 3 is 2.20 bits per heavy atom. The maximum Gasteiger partial charge on any atom is 0.419 e. The van der Waals surface area contributed by atoms with E-state index in [-0.39, 0.29) is 22.4 Å². The summed E-state index contributed by atoms with van der Waals surface area (Å²) >= 11 is 0. The molecule has 2 aromatic carbocycles. The first-order valence-corrected chi connectivity index (χ1v) is 5.43. The first-order valence-electron chi connectivity index (χ1n) is 5.43. The molecule has 0 amide bonds. The van der Waals surface area contributed by atoms with Gasteiger partial charge < -0.3 is 5.11 Å². The molecule has 0 bridgehead atoms. The second kappa shape index (κ2) is 4.85. The van der Waals surface area contributed by atoms with E-state index in [2.05, 4.69) is 0 Å². The van der Waals surface area contributed by atoms with Crippen molar-refractivity contribution in [2.45, 2.75) is 6.18 Å². The van der Waals surface area contributed by atoms with Crippen molar-refractivity contribution in [3.05, 3.63) is 53.3 Å². The molecule has 0 atom stereocenters. The topological polar surface area (TPSA) is 44.0 Å². The van der Waals surface area contributed by atoms with Gasteiger partial charge in [0.25, 0.3) is 0 Å². The maximum atomic E-state index is 13.2. The summed E-state index contributed by atoms with van der Waals surface area (Å²) < 4.78 is 51.0. The van der Waals surface area contributed by atoms with Gasteiger partial charge in [-0.2, -0.15) is 18.4 Å². The van der Waals surface area contributed by atoms with Gasteiger partial charge in [-0.1, -0.05) is 12.1 Å². The molecular weight excluding hydrogens is 274 g/mol. The number of hydrogen-bond donors (Lipinski definition) is 1. The quantitative estimate of drug-likeness (QED) is 0.800. The Bertz CT molecular complexity index is 701. The smallest absolute Gasteiger partial charge is 0.419 e. The SMILES string of the molecule is N#Cc1cc(-c2ccc(F)c(C(F)(F)F)c2)ccc1O. The third kappa shape index (κ3) is 2.57. The molecule has 0 unspecified atom stereocenters. The van der Waals surface area contributed by atoms with Crippen LogP contribution in [-0.4, -0.2) is 5.11 Å². The van der Waals surface area contributed by atoms with Crippen LogP contribution >= 0.6 is 0 Å². The molecule has 0 saturated carbocycles. The summed E-state index contributed by atoms with van der Waals surface area (Å²) in [6.07, 6.45) is -4.80. The fraction of sp³-hybridized carbons (Fsp3) is 0.0714. The molecule has 0 radical (unpaired) electrons. The fourth-order valence-corrected chi connectivity index (χ4v) is 1.73. The van der Waals surface area contributed by atoms with Crippen LogP contribution in [0.3, 0.4) is 0 Å². The Morgan fingerprint density at radius 1 is 1.00 bits per heavy atom. The van der Waals surface area contributed by atoms with Crippen molar-refractivity contribution in [1.29, 1.82) is 5.26 Å². The minimum Gasteiger partial charge on any atom is -0.507 e. The molecule has 102 valence electrons. The number of alkyl halides is 3. The van der Waals surface area contributed by atoms with Crippen LogP contribution < -0.4 is 0 Å². The van der Waals surface area contributed by atoms with Crippen LogP contribution in [0, 0.1) is 17.1 Å². The van der Waals surface area contributed by atoms with Crippen molar-refractivity contribution in [2.24, 2.45) is 0 Å². The van der Waals surface area contributed by atoms with Gasteiger partial charge in [0.2, 0.25) is 0 Å². The minimum absolute atomic E-state index is 0.0691. The Morgan fingerprint density at radius 2 is 1.60 bits per heavy atom. The van der Waals surface area contributed by atoms with E-state index in [9.17, 15) is 22.7 Å². The summed E-state index contributed by atoms with van der Waals surface area (Å²) in [5, 5.41) is 18.1. The van der Waals surface area contributed by atoms with E-state index >= 15 is 0 Å². The van der Waals surface area contributed by atoms with Crippen molar-refractivity contribution >= 4 is 0 Å². The van der Waals surface area contributed by atoms with E-state index in [1.807, 2.05) is 0 Å². The summed E-state index contributed by atoms with van der Waals surface area (Å²) in [6, 6.07) is 8.07. The molecule has 2 rings (SSSR count). The van der Waals surface area contributed by atoms with E-state index in [0.717, 1.165) is 6.07 Å². The molecule has 2 nitrogen and oxygen atoms in total. The molecule has 0 heterocycles. The standard InChI is InChI=1S/C14H7F4NO/c15-12-3-1-9(6-11(12)14(16,17)18)8-2-4-13(20)10(5-8)7-19/h1-6,20H. The highest BCUT2D eigenvalue weighted by molar-refractivity contribution is 5.68. The van der Waals surface area contributed by atoms with Crippen LogP contribution in [0.15, 0.2) is 36.4 Å². The van der Waals surface area contributed by atoms with Gasteiger partial charge in [-0.15, -0.1) is 0 Å². The second-order valence-electron chi connectivity index (χ2n) is 4.04. The zero-order valence-corrected chi connectivity index (χ0v) is 9.87. The minimum atomic E-state index is -4.80. The highest BCUT2D eigenvalue weighted by Gasteiger charge is 2.34. The van der Waals surface area contributed by atoms with E-state index in [1.54, 1.807) is 6.07 Å². The number of halogens is 4. The molecule has 0 fully saturated rings. The van der Waals surface area contributed by atoms with Crippen LogP contribution in [0.4, 0.5) is 17.6 Å². The number of aromatic hydroxyl groups is 1. The zero-order chi connectivity index (χ0) is 14.9. The first kappa shape index (κ1) is 13.9. The van der Waals surface area contributed by atoms with Crippen molar-refractivity contribution in [2.75, 3.05) is 0 Å². The van der Waals surface area contributed by atoms with E-state index < -0.39 is 17.6 Å². The number of phenols is 1. The largest absolute Gasteiger partial charge is 0.507 e. The second-order valence-corrected chi connectivity index (χ2v) is 4.04. The molecule has 2 aromatic rings. The van der Waals surface area contributed by atoms with Crippen LogP contribution in [0.1, 0.15) is 11.1 Å². The lowest BCUT2D eigenvalue weighted by atomic mass is 10.0. The lowest BCUT2D eigenvalue weighted by molar-refractivity contribution is -0.139. The number of nitriles is 1. The van der Waals surface area contributed by atoms with Crippen molar-refractivity contribution < 1.29 is 22.7 Å². The Balaban J connectivity index is 2.57. The number of hydrogen-bond acceptors (Lipinski definition) is 2. The summed E-state index contributed by atoms with van der Waals surface area (Å²) in [6.45, 7) is 0. The van der Waals surface area contributed by atoms with Crippen molar-refractivity contribution in [3.8, 4) is 22.9 Å². The summed E-state index contributed by atoms with van der Waals surface area (Å²) in [5.74, 6) is -1.63. The fourth-order valence-electron chi connectivity index (χ4n) is 1.73. The van der Waals surface area contributed by atoms with Gasteiger partial charge in [-0.05, 0) is 35.4 Å². The van der Waals surface area contributed by atoms with Gasteiger partial charge in [0.05, 0.1) is 11.1 Å². The molecular formula is C14H7F4NO. The predicted octanol–water partition coefficient (Wildman–Crippen LogP) is 4.09.